The fourth-order valence-corrected chi connectivity index (χ4v) is 2.64. The summed E-state index contributed by atoms with van der Waals surface area (Å²) in [7, 11) is 0. The van der Waals surface area contributed by atoms with Gasteiger partial charge in [-0.1, -0.05) is 0 Å². The van der Waals surface area contributed by atoms with Gasteiger partial charge in [-0.3, -0.25) is 0 Å². The van der Waals surface area contributed by atoms with Gasteiger partial charge in [-0.05, 0) is 46.7 Å². The van der Waals surface area contributed by atoms with Gasteiger partial charge in [0.25, 0.3) is 0 Å². The van der Waals surface area contributed by atoms with Crippen molar-refractivity contribution < 1.29 is 4.74 Å². The first kappa shape index (κ1) is 9.55. The van der Waals surface area contributed by atoms with Crippen molar-refractivity contribution in [1.82, 2.24) is 9.36 Å². The SMILES string of the molecule is Brc1nsc(CC2CCCCO2)n1. The monoisotopic (exact) mass is 262 g/mol. The standard InChI is InChI=1S/C8H11BrN2OS/c9-8-10-7(13-11-8)5-6-3-1-2-4-12-6/h6H,1-5H2. The molecule has 1 aliphatic rings. The molecule has 0 aliphatic carbocycles. The van der Waals surface area contributed by atoms with Crippen molar-refractivity contribution in [2.75, 3.05) is 6.61 Å². The topological polar surface area (TPSA) is 35.0 Å². The van der Waals surface area contributed by atoms with E-state index in [1.165, 1.54) is 24.4 Å². The van der Waals surface area contributed by atoms with Crippen molar-refractivity contribution in [3.63, 3.8) is 0 Å². The Hall–Kier alpha value is -0.0000000000000000278. The van der Waals surface area contributed by atoms with E-state index in [0.29, 0.717) is 10.8 Å². The third kappa shape index (κ3) is 2.72. The number of rotatable bonds is 2. The lowest BCUT2D eigenvalue weighted by Gasteiger charge is -2.21. The molecule has 3 nitrogen and oxygen atoms in total. The van der Waals surface area contributed by atoms with Crippen molar-refractivity contribution in [3.05, 3.63) is 9.74 Å². The number of ether oxygens (including phenoxy) is 1. The molecule has 0 aromatic carbocycles. The Morgan fingerprint density at radius 1 is 1.54 bits per heavy atom. The van der Waals surface area contributed by atoms with Crippen LogP contribution in [0.2, 0.25) is 0 Å². The third-order valence-electron chi connectivity index (χ3n) is 2.12. The van der Waals surface area contributed by atoms with E-state index in [1.807, 2.05) is 0 Å². The van der Waals surface area contributed by atoms with Crippen LogP contribution in [0.25, 0.3) is 0 Å². The van der Waals surface area contributed by atoms with E-state index in [2.05, 4.69) is 25.3 Å². The van der Waals surface area contributed by atoms with Crippen LogP contribution in [0.4, 0.5) is 0 Å². The van der Waals surface area contributed by atoms with Crippen molar-refractivity contribution >= 4 is 27.5 Å². The second-order valence-electron chi connectivity index (χ2n) is 3.15. The Balaban J connectivity index is 1.89. The molecule has 2 rings (SSSR count). The molecule has 13 heavy (non-hydrogen) atoms. The minimum Gasteiger partial charge on any atom is -0.378 e. The third-order valence-corrected chi connectivity index (χ3v) is 3.44. The Morgan fingerprint density at radius 2 is 2.46 bits per heavy atom. The van der Waals surface area contributed by atoms with Crippen LogP contribution in [-0.2, 0) is 11.2 Å². The lowest BCUT2D eigenvalue weighted by Crippen LogP contribution is -2.21. The Labute approximate surface area is 89.8 Å². The summed E-state index contributed by atoms with van der Waals surface area (Å²) in [6.07, 6.45) is 4.94. The molecule has 1 saturated heterocycles. The van der Waals surface area contributed by atoms with Gasteiger partial charge in [0.05, 0.1) is 6.10 Å². The van der Waals surface area contributed by atoms with Gasteiger partial charge in [0.2, 0.25) is 4.73 Å². The molecule has 72 valence electrons. The second-order valence-corrected chi connectivity index (χ2v) is 4.70. The number of hydrogen-bond acceptors (Lipinski definition) is 4. The highest BCUT2D eigenvalue weighted by Gasteiger charge is 2.16. The minimum atomic E-state index is 0.369. The summed E-state index contributed by atoms with van der Waals surface area (Å²) >= 11 is 4.70. The zero-order valence-electron chi connectivity index (χ0n) is 7.20. The molecule has 1 aromatic rings. The van der Waals surface area contributed by atoms with Crippen LogP contribution in [0, 0.1) is 0 Å². The van der Waals surface area contributed by atoms with E-state index in [9.17, 15) is 0 Å². The lowest BCUT2D eigenvalue weighted by atomic mass is 10.1. The van der Waals surface area contributed by atoms with Crippen LogP contribution in [0.5, 0.6) is 0 Å². The molecule has 1 fully saturated rings. The number of nitrogens with zero attached hydrogens (tertiary/aromatic N) is 2. The summed E-state index contributed by atoms with van der Waals surface area (Å²) in [5, 5.41) is 1.07. The highest BCUT2D eigenvalue weighted by atomic mass is 79.9. The summed E-state index contributed by atoms with van der Waals surface area (Å²) in [6, 6.07) is 0. The molecular formula is C8H11BrN2OS. The van der Waals surface area contributed by atoms with E-state index >= 15 is 0 Å². The lowest BCUT2D eigenvalue weighted by molar-refractivity contribution is 0.0167. The van der Waals surface area contributed by atoms with E-state index < -0.39 is 0 Å². The van der Waals surface area contributed by atoms with Gasteiger partial charge in [0.15, 0.2) is 0 Å². The van der Waals surface area contributed by atoms with Crippen LogP contribution in [-0.4, -0.2) is 22.1 Å². The van der Waals surface area contributed by atoms with E-state index in [-0.39, 0.29) is 0 Å². The Bertz CT molecular complexity index is 273. The van der Waals surface area contributed by atoms with Gasteiger partial charge < -0.3 is 4.74 Å². The zero-order chi connectivity index (χ0) is 9.10. The molecule has 0 saturated carbocycles. The number of aromatic nitrogens is 2. The van der Waals surface area contributed by atoms with Gasteiger partial charge in [0, 0.05) is 13.0 Å². The van der Waals surface area contributed by atoms with Crippen LogP contribution in [0.15, 0.2) is 4.73 Å². The van der Waals surface area contributed by atoms with Gasteiger partial charge >= 0.3 is 0 Å². The predicted octanol–water partition coefficient (Wildman–Crippen LogP) is 2.41. The molecular weight excluding hydrogens is 252 g/mol. The molecule has 1 aliphatic heterocycles. The van der Waals surface area contributed by atoms with Crippen LogP contribution in [0.3, 0.4) is 0 Å². The molecule has 0 amide bonds. The van der Waals surface area contributed by atoms with Gasteiger partial charge in [-0.2, -0.15) is 4.37 Å². The Morgan fingerprint density at radius 3 is 3.08 bits per heavy atom. The quantitative estimate of drug-likeness (QED) is 0.821. The molecule has 0 radical (unpaired) electrons. The maximum absolute atomic E-state index is 5.61. The van der Waals surface area contributed by atoms with E-state index in [1.54, 1.807) is 0 Å². The summed E-state index contributed by atoms with van der Waals surface area (Å²) in [5.41, 5.74) is 0. The maximum Gasteiger partial charge on any atom is 0.209 e. The summed E-state index contributed by atoms with van der Waals surface area (Å²) in [5.74, 6) is 0. The molecule has 1 atom stereocenters. The molecule has 5 heteroatoms. The molecule has 0 bridgehead atoms. The van der Waals surface area contributed by atoms with Crippen molar-refractivity contribution in [1.29, 1.82) is 0 Å². The van der Waals surface area contributed by atoms with E-state index in [4.69, 9.17) is 4.74 Å². The van der Waals surface area contributed by atoms with Crippen molar-refractivity contribution in [3.8, 4) is 0 Å². The van der Waals surface area contributed by atoms with Crippen molar-refractivity contribution in [2.24, 2.45) is 0 Å². The number of halogens is 1. The number of hydrogen-bond donors (Lipinski definition) is 0. The van der Waals surface area contributed by atoms with E-state index in [0.717, 1.165) is 24.5 Å². The minimum absolute atomic E-state index is 0.369. The first-order chi connectivity index (χ1) is 6.34. The fourth-order valence-electron chi connectivity index (χ4n) is 1.48. The second kappa shape index (κ2) is 4.48. The largest absolute Gasteiger partial charge is 0.378 e. The van der Waals surface area contributed by atoms with Crippen LogP contribution >= 0.6 is 27.5 Å². The first-order valence-electron chi connectivity index (χ1n) is 4.44. The van der Waals surface area contributed by atoms with Gasteiger partial charge in [-0.15, -0.1) is 0 Å². The maximum atomic E-state index is 5.61. The normalized spacial score (nSPS) is 23.3. The average molecular weight is 263 g/mol. The highest BCUT2D eigenvalue weighted by molar-refractivity contribution is 9.10. The summed E-state index contributed by atoms with van der Waals surface area (Å²) in [4.78, 5) is 4.25. The van der Waals surface area contributed by atoms with Crippen molar-refractivity contribution in [2.45, 2.75) is 31.8 Å². The van der Waals surface area contributed by atoms with Crippen LogP contribution < -0.4 is 0 Å². The average Bonchev–Trinajstić information content (AvgIpc) is 2.53. The van der Waals surface area contributed by atoms with Gasteiger partial charge in [0.1, 0.15) is 5.01 Å². The highest BCUT2D eigenvalue weighted by Crippen LogP contribution is 2.19. The molecule has 0 N–H and O–H groups in total. The summed E-state index contributed by atoms with van der Waals surface area (Å²) < 4.78 is 10.4. The smallest absolute Gasteiger partial charge is 0.209 e. The predicted molar refractivity (Wildman–Crippen MR) is 54.9 cm³/mol. The first-order valence-corrected chi connectivity index (χ1v) is 6.01. The molecule has 0 spiro atoms. The Kier molecular flexibility index (Phi) is 3.29. The fraction of sp³-hybridized carbons (Fsp3) is 0.750. The van der Waals surface area contributed by atoms with Crippen LogP contribution in [0.1, 0.15) is 24.3 Å². The molecule has 1 unspecified atom stereocenters. The van der Waals surface area contributed by atoms with Gasteiger partial charge in [-0.25, -0.2) is 4.98 Å². The molecule has 2 heterocycles. The molecule has 1 aromatic heterocycles. The zero-order valence-corrected chi connectivity index (χ0v) is 9.60. The summed E-state index contributed by atoms with van der Waals surface area (Å²) in [6.45, 7) is 0.907.